The summed E-state index contributed by atoms with van der Waals surface area (Å²) >= 11 is 5.82. The van der Waals surface area contributed by atoms with Gasteiger partial charge >= 0.3 is 6.09 Å². The van der Waals surface area contributed by atoms with Gasteiger partial charge in [0.15, 0.2) is 0 Å². The van der Waals surface area contributed by atoms with Gasteiger partial charge in [0, 0.05) is 31.9 Å². The maximum Gasteiger partial charge on any atom is 0.410 e. The number of rotatable bonds is 3. The Morgan fingerprint density at radius 1 is 1.48 bits per heavy atom. The Labute approximate surface area is 143 Å². The smallest absolute Gasteiger partial charge is 0.410 e. The van der Waals surface area contributed by atoms with Gasteiger partial charge in [0.1, 0.15) is 10.8 Å². The number of likely N-dealkylation sites (tertiary alicyclic amines) is 1. The number of carbonyl (C=O) groups is 1. The van der Waals surface area contributed by atoms with Crippen LogP contribution >= 0.6 is 11.6 Å². The van der Waals surface area contributed by atoms with Crippen molar-refractivity contribution in [1.82, 2.24) is 14.8 Å². The molecule has 2 rings (SSSR count). The molecule has 1 saturated heterocycles. The number of aromatic nitrogens is 1. The zero-order valence-electron chi connectivity index (χ0n) is 14.4. The fourth-order valence-corrected chi connectivity index (χ4v) is 2.84. The van der Waals surface area contributed by atoms with Crippen molar-refractivity contribution >= 4 is 17.7 Å². The molecule has 0 spiro atoms. The van der Waals surface area contributed by atoms with E-state index in [0.29, 0.717) is 17.7 Å². The summed E-state index contributed by atoms with van der Waals surface area (Å²) in [5.41, 5.74) is 0.663. The average molecular weight is 340 g/mol. The van der Waals surface area contributed by atoms with Crippen LogP contribution in [0.2, 0.25) is 5.15 Å². The number of hydrogen-bond donors (Lipinski definition) is 0. The van der Waals surface area contributed by atoms with Gasteiger partial charge in [0.25, 0.3) is 0 Å². The number of likely N-dealkylation sites (N-methyl/N-ethyl adjacent to an activating group) is 1. The molecule has 6 heteroatoms. The molecule has 0 aliphatic carbocycles. The van der Waals surface area contributed by atoms with Crippen molar-refractivity contribution < 1.29 is 9.53 Å². The van der Waals surface area contributed by atoms with E-state index < -0.39 is 5.60 Å². The molecule has 128 valence electrons. The third-order valence-electron chi connectivity index (χ3n) is 3.89. The highest BCUT2D eigenvalue weighted by molar-refractivity contribution is 6.29. The monoisotopic (exact) mass is 339 g/mol. The third-order valence-corrected chi connectivity index (χ3v) is 4.12. The molecule has 5 nitrogen and oxygen atoms in total. The van der Waals surface area contributed by atoms with Crippen molar-refractivity contribution in [2.45, 2.75) is 51.8 Å². The molecule has 1 aliphatic heterocycles. The van der Waals surface area contributed by atoms with Gasteiger partial charge in [-0.25, -0.2) is 9.78 Å². The van der Waals surface area contributed by atoms with Crippen LogP contribution in [0.3, 0.4) is 0 Å². The van der Waals surface area contributed by atoms with Crippen molar-refractivity contribution in [3.05, 3.63) is 29.0 Å². The summed E-state index contributed by atoms with van der Waals surface area (Å²) < 4.78 is 5.48. The Bertz CT molecular complexity index is 528. The molecule has 23 heavy (non-hydrogen) atoms. The van der Waals surface area contributed by atoms with Crippen LogP contribution in [0.5, 0.6) is 0 Å². The van der Waals surface area contributed by atoms with Gasteiger partial charge in [-0.1, -0.05) is 17.7 Å². The minimum absolute atomic E-state index is 0.219. The van der Waals surface area contributed by atoms with E-state index in [1.807, 2.05) is 31.7 Å². The van der Waals surface area contributed by atoms with Gasteiger partial charge in [0.2, 0.25) is 0 Å². The maximum absolute atomic E-state index is 12.2. The van der Waals surface area contributed by atoms with Crippen LogP contribution < -0.4 is 0 Å². The summed E-state index contributed by atoms with van der Waals surface area (Å²) in [6.45, 7) is 7.94. The fraction of sp³-hybridized carbons (Fsp3) is 0.647. The molecule has 0 bridgehead atoms. The van der Waals surface area contributed by atoms with Crippen LogP contribution in [0.1, 0.15) is 39.2 Å². The zero-order valence-corrected chi connectivity index (χ0v) is 15.1. The van der Waals surface area contributed by atoms with Crippen LogP contribution in [0.25, 0.3) is 0 Å². The molecule has 0 N–H and O–H groups in total. The second-order valence-electron chi connectivity index (χ2n) is 7.13. The first-order valence-corrected chi connectivity index (χ1v) is 8.41. The molecule has 1 fully saturated rings. The predicted octanol–water partition coefficient (Wildman–Crippen LogP) is 3.57. The Morgan fingerprint density at radius 3 is 2.83 bits per heavy atom. The molecule has 0 saturated carbocycles. The molecular weight excluding hydrogens is 314 g/mol. The van der Waals surface area contributed by atoms with Gasteiger partial charge in [-0.3, -0.25) is 4.90 Å². The largest absolute Gasteiger partial charge is 0.444 e. The van der Waals surface area contributed by atoms with Gasteiger partial charge < -0.3 is 9.64 Å². The number of amides is 1. The van der Waals surface area contributed by atoms with Crippen LogP contribution in [0.15, 0.2) is 18.3 Å². The van der Waals surface area contributed by atoms with E-state index in [-0.39, 0.29) is 6.09 Å². The number of hydrogen-bond acceptors (Lipinski definition) is 4. The normalized spacial score (nSPS) is 19.0. The van der Waals surface area contributed by atoms with E-state index in [0.717, 1.165) is 31.5 Å². The third kappa shape index (κ3) is 5.66. The van der Waals surface area contributed by atoms with Crippen molar-refractivity contribution in [3.8, 4) is 0 Å². The molecule has 1 aliphatic rings. The fourth-order valence-electron chi connectivity index (χ4n) is 2.72. The first-order chi connectivity index (χ1) is 10.7. The molecule has 2 heterocycles. The summed E-state index contributed by atoms with van der Waals surface area (Å²) in [6.07, 6.45) is 3.65. The van der Waals surface area contributed by atoms with E-state index >= 15 is 0 Å². The maximum atomic E-state index is 12.2. The average Bonchev–Trinajstić information content (AvgIpc) is 2.48. The lowest BCUT2D eigenvalue weighted by Crippen LogP contribution is -2.49. The molecule has 1 amide bonds. The number of pyridine rings is 1. The highest BCUT2D eigenvalue weighted by atomic mass is 35.5. The summed E-state index contributed by atoms with van der Waals surface area (Å²) in [5, 5.41) is 0.505. The SMILES string of the molecule is CN(Cc1ccc(Cl)nc1)[C@H]1CCCN(C(=O)OC(C)(C)C)C1. The Morgan fingerprint density at radius 2 is 2.22 bits per heavy atom. The van der Waals surface area contributed by atoms with Crippen molar-refractivity contribution in [3.63, 3.8) is 0 Å². The van der Waals surface area contributed by atoms with Crippen molar-refractivity contribution in [2.24, 2.45) is 0 Å². The number of nitrogens with zero attached hydrogens (tertiary/aromatic N) is 3. The minimum atomic E-state index is -0.453. The second-order valence-corrected chi connectivity index (χ2v) is 7.51. The van der Waals surface area contributed by atoms with Crippen LogP contribution in [0.4, 0.5) is 4.79 Å². The molecule has 1 aromatic heterocycles. The summed E-state index contributed by atoms with van der Waals surface area (Å²) in [6, 6.07) is 4.12. The summed E-state index contributed by atoms with van der Waals surface area (Å²) in [7, 11) is 2.08. The lowest BCUT2D eigenvalue weighted by atomic mass is 10.0. The van der Waals surface area contributed by atoms with Gasteiger partial charge in [-0.15, -0.1) is 0 Å². The molecule has 1 atom stereocenters. The lowest BCUT2D eigenvalue weighted by Gasteiger charge is -2.38. The first kappa shape index (κ1) is 18.0. The second kappa shape index (κ2) is 7.49. The van der Waals surface area contributed by atoms with Crippen molar-refractivity contribution in [2.75, 3.05) is 20.1 Å². The van der Waals surface area contributed by atoms with Crippen LogP contribution in [-0.4, -0.2) is 52.7 Å². The molecule has 0 unspecified atom stereocenters. The number of piperidine rings is 1. The van der Waals surface area contributed by atoms with E-state index in [1.54, 1.807) is 12.3 Å². The highest BCUT2D eigenvalue weighted by Gasteiger charge is 2.29. The molecular formula is C17H26ClN3O2. The van der Waals surface area contributed by atoms with Crippen LogP contribution in [-0.2, 0) is 11.3 Å². The Balaban J connectivity index is 1.92. The molecule has 0 aromatic carbocycles. The predicted molar refractivity (Wildman–Crippen MR) is 91.5 cm³/mol. The van der Waals surface area contributed by atoms with Crippen molar-refractivity contribution in [1.29, 1.82) is 0 Å². The Kier molecular flexibility index (Phi) is 5.87. The number of halogens is 1. The summed E-state index contributed by atoms with van der Waals surface area (Å²) in [5.74, 6) is 0. The van der Waals surface area contributed by atoms with E-state index in [4.69, 9.17) is 16.3 Å². The summed E-state index contributed by atoms with van der Waals surface area (Å²) in [4.78, 5) is 20.4. The topological polar surface area (TPSA) is 45.7 Å². The lowest BCUT2D eigenvalue weighted by molar-refractivity contribution is 0.0121. The molecule has 1 aromatic rings. The highest BCUT2D eigenvalue weighted by Crippen LogP contribution is 2.19. The number of ether oxygens (including phenoxy) is 1. The van der Waals surface area contributed by atoms with E-state index in [9.17, 15) is 4.79 Å². The van der Waals surface area contributed by atoms with E-state index in [2.05, 4.69) is 16.9 Å². The minimum Gasteiger partial charge on any atom is -0.444 e. The quantitative estimate of drug-likeness (QED) is 0.790. The number of carbonyl (C=O) groups excluding carboxylic acids is 1. The zero-order chi connectivity index (χ0) is 17.0. The molecule has 0 radical (unpaired) electrons. The first-order valence-electron chi connectivity index (χ1n) is 8.03. The van der Waals surface area contributed by atoms with Gasteiger partial charge in [-0.2, -0.15) is 0 Å². The van der Waals surface area contributed by atoms with Crippen LogP contribution in [0, 0.1) is 0 Å². The standard InChI is InChI=1S/C17H26ClN3O2/c1-17(2,3)23-16(22)21-9-5-6-14(12-21)20(4)11-13-7-8-15(18)19-10-13/h7-8,10,14H,5-6,9,11-12H2,1-4H3/t14-/m0/s1. The van der Waals surface area contributed by atoms with Gasteiger partial charge in [0.05, 0.1) is 0 Å². The van der Waals surface area contributed by atoms with Gasteiger partial charge in [-0.05, 0) is 52.3 Å². The van der Waals surface area contributed by atoms with E-state index in [1.165, 1.54) is 0 Å². The Hall–Kier alpha value is -1.33.